The number of halogens is 1. The van der Waals surface area contributed by atoms with Gasteiger partial charge >= 0.3 is 0 Å². The third-order valence-electron chi connectivity index (χ3n) is 3.00. The molecule has 0 atom stereocenters. The third kappa shape index (κ3) is 5.41. The third-order valence-corrected chi connectivity index (χ3v) is 3.50. The van der Waals surface area contributed by atoms with Gasteiger partial charge in [0, 0.05) is 10.0 Å². The molecule has 0 aliphatic rings. The quantitative estimate of drug-likeness (QED) is 0.620. The first-order chi connectivity index (χ1) is 11.1. The zero-order chi connectivity index (χ0) is 16.7. The van der Waals surface area contributed by atoms with Gasteiger partial charge in [-0.3, -0.25) is 4.79 Å². The Hall–Kier alpha value is -2.34. The van der Waals surface area contributed by atoms with E-state index >= 15 is 0 Å². The van der Waals surface area contributed by atoms with Crippen molar-refractivity contribution >= 4 is 27.5 Å². The second kappa shape index (κ2) is 8.33. The van der Waals surface area contributed by atoms with Crippen LogP contribution in [0.3, 0.4) is 0 Å². The maximum Gasteiger partial charge on any atom is 0.277 e. The van der Waals surface area contributed by atoms with Crippen LogP contribution >= 0.6 is 15.9 Å². The number of methoxy groups -OCH3 is 1. The average Bonchev–Trinajstić information content (AvgIpc) is 2.58. The van der Waals surface area contributed by atoms with Crippen molar-refractivity contribution in [1.29, 1.82) is 0 Å². The van der Waals surface area contributed by atoms with E-state index in [9.17, 15) is 4.79 Å². The lowest BCUT2D eigenvalue weighted by molar-refractivity contribution is -0.123. The minimum absolute atomic E-state index is 0.106. The summed E-state index contributed by atoms with van der Waals surface area (Å²) in [4.78, 5) is 11.8. The Labute approximate surface area is 143 Å². The van der Waals surface area contributed by atoms with Crippen LogP contribution < -0.4 is 14.9 Å². The molecule has 0 fully saturated rings. The van der Waals surface area contributed by atoms with E-state index in [2.05, 4.69) is 26.5 Å². The van der Waals surface area contributed by atoms with Gasteiger partial charge in [0.25, 0.3) is 5.91 Å². The van der Waals surface area contributed by atoms with E-state index in [-0.39, 0.29) is 12.5 Å². The van der Waals surface area contributed by atoms with E-state index in [0.29, 0.717) is 11.5 Å². The van der Waals surface area contributed by atoms with Gasteiger partial charge in [0.2, 0.25) is 0 Å². The van der Waals surface area contributed by atoms with Crippen molar-refractivity contribution in [3.8, 4) is 11.5 Å². The molecule has 23 heavy (non-hydrogen) atoms. The summed E-state index contributed by atoms with van der Waals surface area (Å²) in [7, 11) is 1.60. The lowest BCUT2D eigenvalue weighted by Crippen LogP contribution is -2.25. The van der Waals surface area contributed by atoms with Gasteiger partial charge in [-0.15, -0.1) is 0 Å². The van der Waals surface area contributed by atoms with Crippen molar-refractivity contribution < 1.29 is 14.3 Å². The molecule has 0 aliphatic heterocycles. The molecule has 0 saturated carbocycles. The molecule has 2 aromatic carbocycles. The van der Waals surface area contributed by atoms with Crippen LogP contribution in [-0.4, -0.2) is 25.3 Å². The number of hydrogen-bond acceptors (Lipinski definition) is 4. The summed E-state index contributed by atoms with van der Waals surface area (Å²) in [6.07, 6.45) is 0. The molecule has 0 aromatic heterocycles. The number of carbonyl (C=O) groups is 1. The highest BCUT2D eigenvalue weighted by Crippen LogP contribution is 2.17. The molecule has 0 unspecified atom stereocenters. The molecule has 1 amide bonds. The zero-order valence-corrected chi connectivity index (χ0v) is 14.5. The Bertz CT molecular complexity index is 716. The molecule has 120 valence electrons. The predicted molar refractivity (Wildman–Crippen MR) is 93.0 cm³/mol. The van der Waals surface area contributed by atoms with Crippen molar-refractivity contribution in [1.82, 2.24) is 5.43 Å². The summed E-state index contributed by atoms with van der Waals surface area (Å²) >= 11 is 3.34. The van der Waals surface area contributed by atoms with Crippen LogP contribution in [0.25, 0.3) is 0 Å². The second-order valence-electron chi connectivity index (χ2n) is 4.71. The summed E-state index contributed by atoms with van der Waals surface area (Å²) < 4.78 is 11.4. The SMILES string of the molecule is COc1cccc(/C(C)=N/NC(=O)COc2cccc(Br)c2)c1. The van der Waals surface area contributed by atoms with E-state index in [1.807, 2.05) is 43.3 Å². The summed E-state index contributed by atoms with van der Waals surface area (Å²) in [6, 6.07) is 14.7. The topological polar surface area (TPSA) is 59.9 Å². The number of ether oxygens (including phenoxy) is 2. The number of hydrogen-bond donors (Lipinski definition) is 1. The van der Waals surface area contributed by atoms with Crippen LogP contribution in [0.5, 0.6) is 11.5 Å². The number of nitrogens with zero attached hydrogens (tertiary/aromatic N) is 1. The van der Waals surface area contributed by atoms with E-state index in [0.717, 1.165) is 15.8 Å². The molecule has 0 radical (unpaired) electrons. The van der Waals surface area contributed by atoms with Gasteiger partial charge in [0.05, 0.1) is 12.8 Å². The van der Waals surface area contributed by atoms with Crippen LogP contribution in [0, 0.1) is 0 Å². The molecule has 1 N–H and O–H groups in total. The van der Waals surface area contributed by atoms with Gasteiger partial charge in [-0.25, -0.2) is 5.43 Å². The lowest BCUT2D eigenvalue weighted by Gasteiger charge is -2.07. The number of rotatable bonds is 6. The van der Waals surface area contributed by atoms with Crippen LogP contribution in [0.2, 0.25) is 0 Å². The summed E-state index contributed by atoms with van der Waals surface area (Å²) in [5.74, 6) is 1.02. The minimum Gasteiger partial charge on any atom is -0.497 e. The van der Waals surface area contributed by atoms with Crippen LogP contribution in [-0.2, 0) is 4.79 Å². The fraction of sp³-hybridized carbons (Fsp3) is 0.176. The van der Waals surface area contributed by atoms with Gasteiger partial charge in [-0.05, 0) is 37.3 Å². The summed E-state index contributed by atoms with van der Waals surface area (Å²) in [5.41, 5.74) is 4.03. The molecular weight excluding hydrogens is 360 g/mol. The first kappa shape index (κ1) is 17.0. The summed E-state index contributed by atoms with van der Waals surface area (Å²) in [5, 5.41) is 4.07. The van der Waals surface area contributed by atoms with Gasteiger partial charge in [-0.2, -0.15) is 5.10 Å². The molecule has 0 aliphatic carbocycles. The number of benzene rings is 2. The predicted octanol–water partition coefficient (Wildman–Crippen LogP) is 3.38. The van der Waals surface area contributed by atoms with E-state index in [4.69, 9.17) is 9.47 Å². The van der Waals surface area contributed by atoms with E-state index in [1.54, 1.807) is 19.2 Å². The molecule has 2 rings (SSSR count). The van der Waals surface area contributed by atoms with Crippen molar-refractivity contribution in [3.63, 3.8) is 0 Å². The van der Waals surface area contributed by atoms with Crippen LogP contribution in [0.1, 0.15) is 12.5 Å². The molecule has 2 aromatic rings. The normalized spacial score (nSPS) is 11.0. The fourth-order valence-electron chi connectivity index (χ4n) is 1.80. The van der Waals surface area contributed by atoms with Crippen molar-refractivity contribution in [2.24, 2.45) is 5.10 Å². The van der Waals surface area contributed by atoms with Gasteiger partial charge in [0.1, 0.15) is 11.5 Å². The molecule has 0 spiro atoms. The van der Waals surface area contributed by atoms with Gasteiger partial charge in [-0.1, -0.05) is 34.1 Å². The first-order valence-corrected chi connectivity index (χ1v) is 7.73. The minimum atomic E-state index is -0.327. The molecular formula is C17H17BrN2O3. The molecule has 0 bridgehead atoms. The Morgan fingerprint density at radius 2 is 1.91 bits per heavy atom. The zero-order valence-electron chi connectivity index (χ0n) is 12.9. The summed E-state index contributed by atoms with van der Waals surface area (Å²) in [6.45, 7) is 1.70. The smallest absolute Gasteiger partial charge is 0.277 e. The van der Waals surface area contributed by atoms with Crippen molar-refractivity contribution in [3.05, 3.63) is 58.6 Å². The number of carbonyl (C=O) groups excluding carboxylic acids is 1. The Morgan fingerprint density at radius 1 is 1.17 bits per heavy atom. The van der Waals surface area contributed by atoms with Gasteiger partial charge in [0.15, 0.2) is 6.61 Å². The number of amides is 1. The monoisotopic (exact) mass is 376 g/mol. The molecule has 0 heterocycles. The molecule has 5 nitrogen and oxygen atoms in total. The fourth-order valence-corrected chi connectivity index (χ4v) is 2.18. The van der Waals surface area contributed by atoms with E-state index < -0.39 is 0 Å². The largest absolute Gasteiger partial charge is 0.497 e. The highest BCUT2D eigenvalue weighted by molar-refractivity contribution is 9.10. The number of hydrazone groups is 1. The average molecular weight is 377 g/mol. The van der Waals surface area contributed by atoms with Crippen molar-refractivity contribution in [2.45, 2.75) is 6.92 Å². The Morgan fingerprint density at radius 3 is 2.65 bits per heavy atom. The van der Waals surface area contributed by atoms with Gasteiger partial charge < -0.3 is 9.47 Å². The first-order valence-electron chi connectivity index (χ1n) is 6.94. The van der Waals surface area contributed by atoms with Crippen LogP contribution in [0.4, 0.5) is 0 Å². The van der Waals surface area contributed by atoms with E-state index in [1.165, 1.54) is 0 Å². The Kier molecular flexibility index (Phi) is 6.17. The maximum atomic E-state index is 11.8. The van der Waals surface area contributed by atoms with Crippen molar-refractivity contribution in [2.75, 3.05) is 13.7 Å². The highest BCUT2D eigenvalue weighted by Gasteiger charge is 2.04. The standard InChI is InChI=1S/C17H17BrN2O3/c1-12(13-5-3-7-15(9-13)22-2)19-20-17(21)11-23-16-8-4-6-14(18)10-16/h3-10H,11H2,1-2H3,(H,20,21)/b19-12+. The molecule has 0 saturated heterocycles. The lowest BCUT2D eigenvalue weighted by atomic mass is 10.1. The highest BCUT2D eigenvalue weighted by atomic mass is 79.9. The second-order valence-corrected chi connectivity index (χ2v) is 5.63. The number of nitrogens with one attached hydrogen (secondary N) is 1. The molecule has 6 heteroatoms. The Balaban J connectivity index is 1.89. The maximum absolute atomic E-state index is 11.8. The van der Waals surface area contributed by atoms with Crippen LogP contribution in [0.15, 0.2) is 58.1 Å².